The maximum absolute atomic E-state index is 12.3. The number of rotatable bonds is 2. The molecule has 0 saturated carbocycles. The van der Waals surface area contributed by atoms with Crippen molar-refractivity contribution in [2.45, 2.75) is 51.1 Å². The summed E-state index contributed by atoms with van der Waals surface area (Å²) in [4.78, 5) is 12.3. The lowest BCUT2D eigenvalue weighted by atomic mass is 9.87. The molecular weight excluding hydrogens is 248 g/mol. The number of piperidine rings is 1. The van der Waals surface area contributed by atoms with E-state index in [4.69, 9.17) is 0 Å². The summed E-state index contributed by atoms with van der Waals surface area (Å²) in [6, 6.07) is 9.47. The third-order valence-corrected chi connectivity index (χ3v) is 4.72. The highest BCUT2D eigenvalue weighted by atomic mass is 16.2. The van der Waals surface area contributed by atoms with Crippen molar-refractivity contribution >= 4 is 5.91 Å². The molecule has 2 N–H and O–H groups in total. The summed E-state index contributed by atoms with van der Waals surface area (Å²) in [6.45, 7) is 3.02. The molecule has 0 bridgehead atoms. The number of fused-ring (bicyclic) bond motifs is 1. The maximum atomic E-state index is 12.3. The van der Waals surface area contributed by atoms with Crippen molar-refractivity contribution in [3.8, 4) is 0 Å². The summed E-state index contributed by atoms with van der Waals surface area (Å²) >= 11 is 0. The van der Waals surface area contributed by atoms with Gasteiger partial charge in [-0.05, 0) is 50.2 Å². The van der Waals surface area contributed by atoms with Crippen molar-refractivity contribution in [1.82, 2.24) is 10.6 Å². The van der Waals surface area contributed by atoms with Crippen molar-refractivity contribution in [1.29, 1.82) is 0 Å². The van der Waals surface area contributed by atoms with E-state index in [-0.39, 0.29) is 11.8 Å². The molecule has 1 heterocycles. The van der Waals surface area contributed by atoms with Crippen LogP contribution in [0.5, 0.6) is 0 Å². The normalized spacial score (nSPS) is 29.6. The Balaban J connectivity index is 1.55. The second kappa shape index (κ2) is 5.96. The largest absolute Gasteiger partial charge is 0.353 e. The van der Waals surface area contributed by atoms with Crippen LogP contribution in [0.25, 0.3) is 0 Å². The minimum Gasteiger partial charge on any atom is -0.353 e. The molecule has 0 radical (unpaired) electrons. The summed E-state index contributed by atoms with van der Waals surface area (Å²) in [7, 11) is 0. The van der Waals surface area contributed by atoms with Crippen LogP contribution in [0.3, 0.4) is 0 Å². The number of benzene rings is 1. The van der Waals surface area contributed by atoms with Crippen molar-refractivity contribution in [2.75, 3.05) is 6.54 Å². The zero-order valence-electron chi connectivity index (χ0n) is 12.2. The number of amides is 1. The van der Waals surface area contributed by atoms with Crippen LogP contribution in [0, 0.1) is 5.92 Å². The number of nitrogens with one attached hydrogen (secondary N) is 2. The Bertz CT molecular complexity index is 478. The predicted molar refractivity (Wildman–Crippen MR) is 80.6 cm³/mol. The second-order valence-electron chi connectivity index (χ2n) is 6.30. The molecule has 1 saturated heterocycles. The van der Waals surface area contributed by atoms with E-state index in [0.717, 1.165) is 38.6 Å². The molecule has 0 aromatic heterocycles. The first-order chi connectivity index (χ1) is 9.72. The van der Waals surface area contributed by atoms with Gasteiger partial charge in [-0.2, -0.15) is 0 Å². The van der Waals surface area contributed by atoms with Gasteiger partial charge in [0.15, 0.2) is 0 Å². The van der Waals surface area contributed by atoms with E-state index in [1.54, 1.807) is 0 Å². The van der Waals surface area contributed by atoms with E-state index in [9.17, 15) is 4.79 Å². The highest BCUT2D eigenvalue weighted by molar-refractivity contribution is 5.79. The van der Waals surface area contributed by atoms with E-state index in [0.29, 0.717) is 12.1 Å². The van der Waals surface area contributed by atoms with Crippen molar-refractivity contribution in [2.24, 2.45) is 5.92 Å². The molecule has 3 unspecified atom stereocenters. The molecular formula is C17H24N2O. The Morgan fingerprint density at radius 2 is 2.00 bits per heavy atom. The van der Waals surface area contributed by atoms with Crippen molar-refractivity contribution in [3.63, 3.8) is 0 Å². The van der Waals surface area contributed by atoms with Gasteiger partial charge in [-0.3, -0.25) is 4.79 Å². The number of carbonyl (C=O) groups is 1. The van der Waals surface area contributed by atoms with Gasteiger partial charge < -0.3 is 10.6 Å². The molecule has 1 amide bonds. The molecule has 3 atom stereocenters. The first-order valence-corrected chi connectivity index (χ1v) is 7.83. The molecule has 20 heavy (non-hydrogen) atoms. The number of hydrogen-bond donors (Lipinski definition) is 2. The third kappa shape index (κ3) is 3.04. The quantitative estimate of drug-likeness (QED) is 0.865. The molecule has 3 nitrogen and oxygen atoms in total. The van der Waals surface area contributed by atoms with Crippen molar-refractivity contribution in [3.05, 3.63) is 35.4 Å². The molecule has 2 aliphatic rings. The Morgan fingerprint density at radius 1 is 1.20 bits per heavy atom. The lowest BCUT2D eigenvalue weighted by molar-refractivity contribution is -0.126. The van der Waals surface area contributed by atoms with Crippen LogP contribution in [-0.2, 0) is 17.6 Å². The Morgan fingerprint density at radius 3 is 2.75 bits per heavy atom. The average Bonchev–Trinajstić information content (AvgIpc) is 2.48. The lowest BCUT2D eigenvalue weighted by Crippen LogP contribution is -2.47. The lowest BCUT2D eigenvalue weighted by Gasteiger charge is -2.30. The summed E-state index contributed by atoms with van der Waals surface area (Å²) in [6.07, 6.45) is 5.26. The van der Waals surface area contributed by atoms with Gasteiger partial charge >= 0.3 is 0 Å². The predicted octanol–water partition coefficient (Wildman–Crippen LogP) is 2.05. The van der Waals surface area contributed by atoms with Crippen LogP contribution < -0.4 is 10.6 Å². The van der Waals surface area contributed by atoms with Gasteiger partial charge in [-0.1, -0.05) is 24.3 Å². The first-order valence-electron chi connectivity index (χ1n) is 7.83. The number of aryl methyl sites for hydroxylation is 1. The van der Waals surface area contributed by atoms with Gasteiger partial charge in [-0.25, -0.2) is 0 Å². The summed E-state index contributed by atoms with van der Waals surface area (Å²) in [5.74, 6) is 0.400. The number of carbonyl (C=O) groups excluding carboxylic acids is 1. The molecule has 1 aliphatic carbocycles. The van der Waals surface area contributed by atoms with Crippen molar-refractivity contribution < 1.29 is 4.79 Å². The van der Waals surface area contributed by atoms with Crippen LogP contribution in [0.4, 0.5) is 0 Å². The molecule has 3 heteroatoms. The molecule has 0 spiro atoms. The Hall–Kier alpha value is -1.35. The Labute approximate surface area is 121 Å². The van der Waals surface area contributed by atoms with E-state index in [2.05, 4.69) is 41.8 Å². The van der Waals surface area contributed by atoms with Gasteiger partial charge in [0.05, 0.1) is 5.92 Å². The monoisotopic (exact) mass is 272 g/mol. The van der Waals surface area contributed by atoms with Gasteiger partial charge in [0.25, 0.3) is 0 Å². The topological polar surface area (TPSA) is 41.1 Å². The van der Waals surface area contributed by atoms with E-state index >= 15 is 0 Å². The molecule has 1 aromatic rings. The Kier molecular flexibility index (Phi) is 4.06. The standard InChI is InChI=1S/C17H24N2O/c1-12-6-7-15(11-18-12)17(20)19-16-9-8-13-4-2-3-5-14(13)10-16/h2-5,12,15-16,18H,6-11H2,1H3,(H,19,20). The smallest absolute Gasteiger partial charge is 0.224 e. The van der Waals surface area contributed by atoms with Crippen LogP contribution >= 0.6 is 0 Å². The van der Waals surface area contributed by atoms with Crippen LogP contribution in [0.15, 0.2) is 24.3 Å². The van der Waals surface area contributed by atoms with Gasteiger partial charge in [0, 0.05) is 18.6 Å². The minimum atomic E-state index is 0.156. The van der Waals surface area contributed by atoms with E-state index < -0.39 is 0 Å². The van der Waals surface area contributed by atoms with Gasteiger partial charge in [0.2, 0.25) is 5.91 Å². The minimum absolute atomic E-state index is 0.156. The fraction of sp³-hybridized carbons (Fsp3) is 0.588. The van der Waals surface area contributed by atoms with E-state index in [1.165, 1.54) is 11.1 Å². The second-order valence-corrected chi connectivity index (χ2v) is 6.30. The summed E-state index contributed by atoms with van der Waals surface area (Å²) in [5, 5.41) is 6.67. The summed E-state index contributed by atoms with van der Waals surface area (Å²) < 4.78 is 0. The van der Waals surface area contributed by atoms with Gasteiger partial charge in [0.1, 0.15) is 0 Å². The molecule has 1 aliphatic heterocycles. The molecule has 108 valence electrons. The fourth-order valence-electron chi connectivity index (χ4n) is 3.36. The first kappa shape index (κ1) is 13.6. The van der Waals surface area contributed by atoms with Crippen LogP contribution in [-0.4, -0.2) is 24.5 Å². The van der Waals surface area contributed by atoms with Crippen LogP contribution in [0.1, 0.15) is 37.3 Å². The fourth-order valence-corrected chi connectivity index (χ4v) is 3.36. The molecule has 1 fully saturated rings. The van der Waals surface area contributed by atoms with Crippen LogP contribution in [0.2, 0.25) is 0 Å². The molecule has 3 rings (SSSR count). The maximum Gasteiger partial charge on any atom is 0.224 e. The third-order valence-electron chi connectivity index (χ3n) is 4.72. The van der Waals surface area contributed by atoms with Gasteiger partial charge in [-0.15, -0.1) is 0 Å². The highest BCUT2D eigenvalue weighted by Crippen LogP contribution is 2.22. The SMILES string of the molecule is CC1CCC(C(=O)NC2CCc3ccccc3C2)CN1. The average molecular weight is 272 g/mol. The van der Waals surface area contributed by atoms with E-state index in [1.807, 2.05) is 0 Å². The number of hydrogen-bond acceptors (Lipinski definition) is 2. The molecule has 1 aromatic carbocycles. The zero-order chi connectivity index (χ0) is 13.9. The highest BCUT2D eigenvalue weighted by Gasteiger charge is 2.27. The zero-order valence-corrected chi connectivity index (χ0v) is 12.2. The summed E-state index contributed by atoms with van der Waals surface area (Å²) in [5.41, 5.74) is 2.85.